The van der Waals surface area contributed by atoms with Gasteiger partial charge in [-0.25, -0.2) is 0 Å². The van der Waals surface area contributed by atoms with Crippen LogP contribution >= 0.6 is 0 Å². The molecule has 75 heavy (non-hydrogen) atoms. The van der Waals surface area contributed by atoms with E-state index in [1.54, 1.807) is 0 Å². The molecular formula is C69H132O6. The Hall–Kier alpha value is -1.85. The Labute approximate surface area is 469 Å². The van der Waals surface area contributed by atoms with Gasteiger partial charge in [0, 0.05) is 19.3 Å². The van der Waals surface area contributed by atoms with Crippen molar-refractivity contribution in [1.82, 2.24) is 0 Å². The molecule has 0 rings (SSSR count). The van der Waals surface area contributed by atoms with E-state index in [-0.39, 0.29) is 31.1 Å². The minimum Gasteiger partial charge on any atom is -0.462 e. The molecule has 0 heterocycles. The summed E-state index contributed by atoms with van der Waals surface area (Å²) in [5, 5.41) is 0. The lowest BCUT2D eigenvalue weighted by Crippen LogP contribution is -2.30. The molecule has 0 amide bonds. The summed E-state index contributed by atoms with van der Waals surface area (Å²) in [5.41, 5.74) is 0. The fourth-order valence-corrected chi connectivity index (χ4v) is 10.6. The number of carbonyl (C=O) groups excluding carboxylic acids is 3. The van der Waals surface area contributed by atoms with Crippen molar-refractivity contribution < 1.29 is 28.6 Å². The predicted octanol–water partition coefficient (Wildman–Crippen LogP) is 23.2. The second kappa shape index (κ2) is 64.7. The molecule has 0 bridgehead atoms. The number of esters is 3. The van der Waals surface area contributed by atoms with E-state index in [2.05, 4.69) is 32.9 Å². The molecule has 0 saturated heterocycles. The lowest BCUT2D eigenvalue weighted by Gasteiger charge is -2.18. The lowest BCUT2D eigenvalue weighted by molar-refractivity contribution is -0.167. The summed E-state index contributed by atoms with van der Waals surface area (Å²) in [6.45, 7) is 6.72. The molecule has 1 unspecified atom stereocenters. The molecule has 0 aliphatic carbocycles. The standard InChI is InChI=1S/C69H132O6/c1-4-7-10-13-16-19-22-25-28-30-31-32-33-34-35-36-37-38-39-42-44-47-50-53-56-59-62-68(71)74-65-66(64-73-67(70)61-58-55-52-49-46-43-40-27-24-21-18-15-12-9-6-3)75-69(72)63-60-57-54-51-48-45-41-29-26-23-20-17-14-11-8-5-2/h29,41,66H,4-28,30-40,42-65H2,1-3H3/b41-29-. The Kier molecular flexibility index (Phi) is 63.1. The van der Waals surface area contributed by atoms with E-state index >= 15 is 0 Å². The van der Waals surface area contributed by atoms with E-state index in [1.807, 2.05) is 0 Å². The van der Waals surface area contributed by atoms with Gasteiger partial charge in [0.15, 0.2) is 6.10 Å². The first-order chi connectivity index (χ1) is 37.0. The van der Waals surface area contributed by atoms with E-state index in [1.165, 1.54) is 289 Å². The molecule has 0 aliphatic heterocycles. The summed E-state index contributed by atoms with van der Waals surface area (Å²) in [6, 6.07) is 0. The number of rotatable bonds is 64. The SMILES string of the molecule is CCCCCCCCC/C=C\CCCCCCCC(=O)OC(COC(=O)CCCCCCCCCCCCCCCCC)COC(=O)CCCCCCCCCCCCCCCCCCCCCCCCCCCC. The summed E-state index contributed by atoms with van der Waals surface area (Å²) in [5.74, 6) is -0.842. The third-order valence-corrected chi connectivity index (χ3v) is 15.8. The van der Waals surface area contributed by atoms with Crippen molar-refractivity contribution in [1.29, 1.82) is 0 Å². The van der Waals surface area contributed by atoms with E-state index in [9.17, 15) is 14.4 Å². The maximum Gasteiger partial charge on any atom is 0.306 e. The van der Waals surface area contributed by atoms with Crippen LogP contribution in [-0.4, -0.2) is 37.2 Å². The van der Waals surface area contributed by atoms with E-state index in [4.69, 9.17) is 14.2 Å². The third-order valence-electron chi connectivity index (χ3n) is 15.8. The molecular weight excluding hydrogens is 925 g/mol. The number of carbonyl (C=O) groups is 3. The molecule has 0 spiro atoms. The van der Waals surface area contributed by atoms with Gasteiger partial charge in [-0.2, -0.15) is 0 Å². The van der Waals surface area contributed by atoms with Gasteiger partial charge < -0.3 is 14.2 Å². The zero-order valence-electron chi connectivity index (χ0n) is 51.1. The molecule has 0 N–H and O–H groups in total. The highest BCUT2D eigenvalue weighted by Gasteiger charge is 2.19. The summed E-state index contributed by atoms with van der Waals surface area (Å²) in [7, 11) is 0. The van der Waals surface area contributed by atoms with Crippen LogP contribution in [0, 0.1) is 0 Å². The maximum atomic E-state index is 12.9. The van der Waals surface area contributed by atoms with Crippen molar-refractivity contribution in [2.24, 2.45) is 0 Å². The maximum absolute atomic E-state index is 12.9. The zero-order valence-corrected chi connectivity index (χ0v) is 51.1. The number of allylic oxidation sites excluding steroid dienone is 2. The molecule has 0 aromatic carbocycles. The van der Waals surface area contributed by atoms with Gasteiger partial charge in [0.25, 0.3) is 0 Å². The third kappa shape index (κ3) is 62.9. The van der Waals surface area contributed by atoms with Crippen LogP contribution in [0.25, 0.3) is 0 Å². The molecule has 0 aromatic heterocycles. The van der Waals surface area contributed by atoms with Crippen molar-refractivity contribution in [3.63, 3.8) is 0 Å². The summed E-state index contributed by atoms with van der Waals surface area (Å²) in [4.78, 5) is 38.3. The molecule has 0 aliphatic rings. The summed E-state index contributed by atoms with van der Waals surface area (Å²) >= 11 is 0. The molecule has 1 atom stereocenters. The van der Waals surface area contributed by atoms with Gasteiger partial charge in [-0.15, -0.1) is 0 Å². The van der Waals surface area contributed by atoms with Crippen LogP contribution in [0.15, 0.2) is 12.2 Å². The van der Waals surface area contributed by atoms with Crippen molar-refractivity contribution >= 4 is 17.9 Å². The number of hydrogen-bond acceptors (Lipinski definition) is 6. The molecule has 444 valence electrons. The Morgan fingerprint density at radius 2 is 0.440 bits per heavy atom. The van der Waals surface area contributed by atoms with Crippen LogP contribution < -0.4 is 0 Å². The lowest BCUT2D eigenvalue weighted by atomic mass is 10.0. The molecule has 0 aromatic rings. The second-order valence-corrected chi connectivity index (χ2v) is 23.5. The fourth-order valence-electron chi connectivity index (χ4n) is 10.6. The van der Waals surface area contributed by atoms with Crippen LogP contribution in [-0.2, 0) is 28.6 Å². The number of hydrogen-bond donors (Lipinski definition) is 0. The van der Waals surface area contributed by atoms with Gasteiger partial charge in [0.1, 0.15) is 13.2 Å². The Balaban J connectivity index is 4.21. The Bertz CT molecular complexity index is 1170. The zero-order chi connectivity index (χ0) is 54.3. The number of ether oxygens (including phenoxy) is 3. The van der Waals surface area contributed by atoms with Crippen molar-refractivity contribution in [2.75, 3.05) is 13.2 Å². The van der Waals surface area contributed by atoms with Crippen LogP contribution in [0.5, 0.6) is 0 Å². The minimum atomic E-state index is -0.770. The van der Waals surface area contributed by atoms with Crippen LogP contribution in [0.3, 0.4) is 0 Å². The van der Waals surface area contributed by atoms with Gasteiger partial charge >= 0.3 is 17.9 Å². The van der Waals surface area contributed by atoms with E-state index in [0.29, 0.717) is 19.3 Å². The fraction of sp³-hybridized carbons (Fsp3) is 0.928. The molecule has 0 fully saturated rings. The highest BCUT2D eigenvalue weighted by Crippen LogP contribution is 2.19. The first-order valence-electron chi connectivity index (χ1n) is 34.2. The molecule has 6 nitrogen and oxygen atoms in total. The summed E-state index contributed by atoms with van der Waals surface area (Å²) in [6.07, 6.45) is 76.6. The average molecular weight is 1060 g/mol. The van der Waals surface area contributed by atoms with E-state index < -0.39 is 6.10 Å². The molecule has 0 saturated carbocycles. The van der Waals surface area contributed by atoms with Gasteiger partial charge in [0.2, 0.25) is 0 Å². The van der Waals surface area contributed by atoms with Crippen LogP contribution in [0.4, 0.5) is 0 Å². The Morgan fingerprint density at radius 3 is 0.667 bits per heavy atom. The smallest absolute Gasteiger partial charge is 0.306 e. The second-order valence-electron chi connectivity index (χ2n) is 23.5. The molecule has 6 heteroatoms. The van der Waals surface area contributed by atoms with Gasteiger partial charge in [-0.3, -0.25) is 14.4 Å². The minimum absolute atomic E-state index is 0.0667. The quantitative estimate of drug-likeness (QED) is 0.0261. The van der Waals surface area contributed by atoms with Crippen LogP contribution in [0.2, 0.25) is 0 Å². The first kappa shape index (κ1) is 73.2. The highest BCUT2D eigenvalue weighted by molar-refractivity contribution is 5.71. The summed E-state index contributed by atoms with van der Waals surface area (Å²) < 4.78 is 17.0. The highest BCUT2D eigenvalue weighted by atomic mass is 16.6. The Morgan fingerprint density at radius 1 is 0.253 bits per heavy atom. The largest absolute Gasteiger partial charge is 0.462 e. The van der Waals surface area contributed by atoms with Crippen molar-refractivity contribution in [3.05, 3.63) is 12.2 Å². The molecule has 0 radical (unpaired) electrons. The predicted molar refractivity (Wildman–Crippen MR) is 326 cm³/mol. The monoisotopic (exact) mass is 1060 g/mol. The normalized spacial score (nSPS) is 12.0. The van der Waals surface area contributed by atoms with E-state index in [0.717, 1.165) is 64.2 Å². The first-order valence-corrected chi connectivity index (χ1v) is 34.2. The van der Waals surface area contributed by atoms with Crippen molar-refractivity contribution in [3.8, 4) is 0 Å². The van der Waals surface area contributed by atoms with Gasteiger partial charge in [-0.1, -0.05) is 341 Å². The average Bonchev–Trinajstić information content (AvgIpc) is 3.41. The number of unbranched alkanes of at least 4 members (excludes halogenated alkanes) is 51. The van der Waals surface area contributed by atoms with Gasteiger partial charge in [-0.05, 0) is 44.9 Å². The topological polar surface area (TPSA) is 78.9 Å². The van der Waals surface area contributed by atoms with Crippen molar-refractivity contribution in [2.45, 2.75) is 399 Å². The van der Waals surface area contributed by atoms with Gasteiger partial charge in [0.05, 0.1) is 0 Å². The van der Waals surface area contributed by atoms with Crippen LogP contribution in [0.1, 0.15) is 393 Å².